The largest absolute Gasteiger partial charge is 0.456 e. The maximum atomic E-state index is 6.18. The van der Waals surface area contributed by atoms with Crippen molar-refractivity contribution in [2.45, 2.75) is 0 Å². The summed E-state index contributed by atoms with van der Waals surface area (Å²) in [6.07, 6.45) is 0. The fraction of sp³-hybridized carbons (Fsp3) is 0. The zero-order valence-corrected chi connectivity index (χ0v) is 31.7. The Morgan fingerprint density at radius 1 is 0.259 bits per heavy atom. The summed E-state index contributed by atoms with van der Waals surface area (Å²) in [5.74, 6) is 0. The standard InChI is InChI=1S/C56H37NO/c1-2-13-38(14-3-1)47-20-6-7-22-50(47)43-17-11-19-46(36-43)57(45-18-10-16-41(35-45)42-30-34-56-54(37-42)53-23-8-9-26-55(53)58-56)44-31-27-40(28-32-44)49-24-12-25-51-48-21-5-4-15-39(48)29-33-52(49)51/h1-37H. The first-order valence-corrected chi connectivity index (χ1v) is 19.8. The van der Waals surface area contributed by atoms with Gasteiger partial charge >= 0.3 is 0 Å². The van der Waals surface area contributed by atoms with Crippen LogP contribution >= 0.6 is 0 Å². The third kappa shape index (κ3) is 5.91. The lowest BCUT2D eigenvalue weighted by Gasteiger charge is -2.27. The van der Waals surface area contributed by atoms with Crippen LogP contribution in [0.1, 0.15) is 0 Å². The van der Waals surface area contributed by atoms with Crippen LogP contribution in [0.15, 0.2) is 229 Å². The fourth-order valence-corrected chi connectivity index (χ4v) is 8.68. The van der Waals surface area contributed by atoms with Gasteiger partial charge in [-0.2, -0.15) is 0 Å². The third-order valence-corrected chi connectivity index (χ3v) is 11.5. The molecule has 11 rings (SSSR count). The molecule has 58 heavy (non-hydrogen) atoms. The molecule has 0 N–H and O–H groups in total. The highest BCUT2D eigenvalue weighted by molar-refractivity contribution is 6.12. The summed E-state index contributed by atoms with van der Waals surface area (Å²) in [4.78, 5) is 2.38. The zero-order chi connectivity index (χ0) is 38.4. The molecule has 2 heteroatoms. The second-order valence-electron chi connectivity index (χ2n) is 14.9. The van der Waals surface area contributed by atoms with Crippen LogP contribution < -0.4 is 4.90 Å². The molecule has 0 unspecified atom stereocenters. The highest BCUT2D eigenvalue weighted by Gasteiger charge is 2.17. The Balaban J connectivity index is 1.05. The van der Waals surface area contributed by atoms with Crippen molar-refractivity contribution in [3.63, 3.8) is 0 Å². The highest BCUT2D eigenvalue weighted by Crippen LogP contribution is 2.42. The maximum absolute atomic E-state index is 6.18. The Labute approximate surface area is 337 Å². The van der Waals surface area contributed by atoms with E-state index in [2.05, 4.69) is 217 Å². The molecule has 0 fully saturated rings. The monoisotopic (exact) mass is 739 g/mol. The van der Waals surface area contributed by atoms with Crippen LogP contribution in [0.5, 0.6) is 0 Å². The number of rotatable bonds is 7. The molecule has 0 atom stereocenters. The number of furan rings is 1. The van der Waals surface area contributed by atoms with Crippen LogP contribution in [0.2, 0.25) is 0 Å². The van der Waals surface area contributed by atoms with Gasteiger partial charge in [-0.05, 0) is 121 Å². The Bertz CT molecular complexity index is 3290. The molecular weight excluding hydrogens is 703 g/mol. The predicted octanol–water partition coefficient (Wildman–Crippen LogP) is 16.0. The van der Waals surface area contributed by atoms with E-state index in [0.717, 1.165) is 55.7 Å². The SMILES string of the molecule is c1ccc(-c2ccccc2-c2cccc(N(c3ccc(-c4cccc5c4ccc4ccccc45)cc3)c3cccc(-c4ccc5oc6ccccc6c5c4)c3)c2)cc1. The molecule has 0 radical (unpaired) electrons. The van der Waals surface area contributed by atoms with E-state index in [-0.39, 0.29) is 0 Å². The number of benzene rings is 10. The third-order valence-electron chi connectivity index (χ3n) is 11.5. The highest BCUT2D eigenvalue weighted by atomic mass is 16.3. The molecule has 0 amide bonds. The van der Waals surface area contributed by atoms with Gasteiger partial charge in [-0.3, -0.25) is 0 Å². The quantitative estimate of drug-likeness (QED) is 0.151. The van der Waals surface area contributed by atoms with Crippen LogP contribution in [0.3, 0.4) is 0 Å². The number of fused-ring (bicyclic) bond motifs is 6. The van der Waals surface area contributed by atoms with Crippen molar-refractivity contribution in [3.05, 3.63) is 224 Å². The lowest BCUT2D eigenvalue weighted by Crippen LogP contribution is -2.10. The normalized spacial score (nSPS) is 11.4. The Hall–Kier alpha value is -7.68. The van der Waals surface area contributed by atoms with Gasteiger partial charge in [0.25, 0.3) is 0 Å². The number of nitrogens with zero attached hydrogens (tertiary/aromatic N) is 1. The molecule has 2 nitrogen and oxygen atoms in total. The van der Waals surface area contributed by atoms with Crippen molar-refractivity contribution in [2.75, 3.05) is 4.90 Å². The van der Waals surface area contributed by atoms with Gasteiger partial charge in [0, 0.05) is 27.8 Å². The van der Waals surface area contributed by atoms with Crippen molar-refractivity contribution < 1.29 is 4.42 Å². The van der Waals surface area contributed by atoms with E-state index in [4.69, 9.17) is 4.42 Å². The minimum Gasteiger partial charge on any atom is -0.456 e. The minimum absolute atomic E-state index is 0.898. The van der Waals surface area contributed by atoms with Gasteiger partial charge in [0.2, 0.25) is 0 Å². The van der Waals surface area contributed by atoms with Crippen molar-refractivity contribution in [2.24, 2.45) is 0 Å². The minimum atomic E-state index is 0.898. The van der Waals surface area contributed by atoms with Gasteiger partial charge < -0.3 is 9.32 Å². The van der Waals surface area contributed by atoms with E-state index in [1.807, 2.05) is 12.1 Å². The summed E-state index contributed by atoms with van der Waals surface area (Å²) in [5.41, 5.74) is 14.5. The molecule has 272 valence electrons. The average molecular weight is 740 g/mol. The first kappa shape index (κ1) is 33.6. The second-order valence-corrected chi connectivity index (χ2v) is 14.9. The van der Waals surface area contributed by atoms with Crippen LogP contribution in [0.4, 0.5) is 17.1 Å². The van der Waals surface area contributed by atoms with Gasteiger partial charge in [0.1, 0.15) is 11.2 Å². The van der Waals surface area contributed by atoms with Crippen molar-refractivity contribution >= 4 is 60.5 Å². The molecule has 0 saturated carbocycles. The van der Waals surface area contributed by atoms with E-state index >= 15 is 0 Å². The average Bonchev–Trinajstić information content (AvgIpc) is 3.68. The summed E-state index contributed by atoms with van der Waals surface area (Å²) in [5, 5.41) is 7.31. The lowest BCUT2D eigenvalue weighted by atomic mass is 9.94. The van der Waals surface area contributed by atoms with Crippen LogP contribution in [0, 0.1) is 0 Å². The molecule has 1 heterocycles. The van der Waals surface area contributed by atoms with Crippen LogP contribution in [-0.4, -0.2) is 0 Å². The van der Waals surface area contributed by atoms with Gasteiger partial charge in [-0.1, -0.05) is 170 Å². The summed E-state index contributed by atoms with van der Waals surface area (Å²) in [6, 6.07) is 80.8. The van der Waals surface area contributed by atoms with Crippen molar-refractivity contribution in [1.29, 1.82) is 0 Å². The zero-order valence-electron chi connectivity index (χ0n) is 31.7. The van der Waals surface area contributed by atoms with E-state index in [0.29, 0.717) is 0 Å². The van der Waals surface area contributed by atoms with Crippen molar-refractivity contribution in [3.8, 4) is 44.5 Å². The molecular formula is C56H37NO. The second kappa shape index (κ2) is 14.1. The summed E-state index contributed by atoms with van der Waals surface area (Å²) in [6.45, 7) is 0. The maximum Gasteiger partial charge on any atom is 0.135 e. The van der Waals surface area contributed by atoms with E-state index in [1.165, 1.54) is 49.4 Å². The first-order chi connectivity index (χ1) is 28.7. The van der Waals surface area contributed by atoms with E-state index in [9.17, 15) is 0 Å². The molecule has 0 aliphatic heterocycles. The van der Waals surface area contributed by atoms with Gasteiger partial charge in [-0.15, -0.1) is 0 Å². The molecule has 0 saturated heterocycles. The van der Waals surface area contributed by atoms with Gasteiger partial charge in [0.05, 0.1) is 0 Å². The first-order valence-electron chi connectivity index (χ1n) is 19.8. The number of hydrogen-bond acceptors (Lipinski definition) is 2. The predicted molar refractivity (Wildman–Crippen MR) is 245 cm³/mol. The number of para-hydroxylation sites is 1. The summed E-state index contributed by atoms with van der Waals surface area (Å²) >= 11 is 0. The fourth-order valence-electron chi connectivity index (χ4n) is 8.68. The Morgan fingerprint density at radius 3 is 1.64 bits per heavy atom. The molecule has 0 bridgehead atoms. The Kier molecular flexibility index (Phi) is 8.19. The Morgan fingerprint density at radius 2 is 0.810 bits per heavy atom. The van der Waals surface area contributed by atoms with Crippen LogP contribution in [-0.2, 0) is 0 Å². The van der Waals surface area contributed by atoms with Crippen molar-refractivity contribution in [1.82, 2.24) is 0 Å². The van der Waals surface area contributed by atoms with E-state index in [1.54, 1.807) is 0 Å². The molecule has 0 spiro atoms. The smallest absolute Gasteiger partial charge is 0.135 e. The van der Waals surface area contributed by atoms with Crippen LogP contribution in [0.25, 0.3) is 88.0 Å². The lowest BCUT2D eigenvalue weighted by molar-refractivity contribution is 0.669. The summed E-state index contributed by atoms with van der Waals surface area (Å²) < 4.78 is 6.18. The summed E-state index contributed by atoms with van der Waals surface area (Å²) in [7, 11) is 0. The topological polar surface area (TPSA) is 16.4 Å². The molecule has 10 aromatic carbocycles. The van der Waals surface area contributed by atoms with Gasteiger partial charge in [0.15, 0.2) is 0 Å². The van der Waals surface area contributed by atoms with Gasteiger partial charge in [-0.25, -0.2) is 0 Å². The molecule has 0 aliphatic carbocycles. The number of hydrogen-bond donors (Lipinski definition) is 0. The molecule has 11 aromatic rings. The molecule has 0 aliphatic rings. The number of anilines is 3. The molecule has 1 aromatic heterocycles. The van der Waals surface area contributed by atoms with E-state index < -0.39 is 0 Å².